The molecule has 0 bridgehead atoms. The molecule has 2 heterocycles. The summed E-state index contributed by atoms with van der Waals surface area (Å²) in [6.07, 6.45) is 10.1. The van der Waals surface area contributed by atoms with E-state index < -0.39 is 0 Å². The molecule has 0 aromatic carbocycles. The molecule has 2 unspecified atom stereocenters. The van der Waals surface area contributed by atoms with Crippen LogP contribution in [0.5, 0.6) is 0 Å². The normalized spacial score (nSPS) is 30.5. The van der Waals surface area contributed by atoms with Crippen molar-refractivity contribution in [3.8, 4) is 12.3 Å². The number of carbonyl (C=O) groups excluding carboxylic acids is 1. The Balaban J connectivity index is 1.98. The predicted molar refractivity (Wildman–Crippen MR) is 59.2 cm³/mol. The Morgan fingerprint density at radius 2 is 2.33 bits per heavy atom. The van der Waals surface area contributed by atoms with Gasteiger partial charge in [0.25, 0.3) is 0 Å². The average molecular weight is 206 g/mol. The van der Waals surface area contributed by atoms with Gasteiger partial charge >= 0.3 is 0 Å². The molecule has 2 aliphatic rings. The van der Waals surface area contributed by atoms with Crippen molar-refractivity contribution in [2.45, 2.75) is 44.2 Å². The first kappa shape index (κ1) is 10.5. The molecule has 0 aromatic heterocycles. The Labute approximate surface area is 91.2 Å². The van der Waals surface area contributed by atoms with Gasteiger partial charge < -0.3 is 10.2 Å². The van der Waals surface area contributed by atoms with E-state index >= 15 is 0 Å². The third kappa shape index (κ3) is 2.15. The average Bonchev–Trinajstić information content (AvgIpc) is 2.88. The molecule has 2 fully saturated rings. The quantitative estimate of drug-likeness (QED) is 0.676. The molecule has 0 saturated carbocycles. The van der Waals surface area contributed by atoms with E-state index in [1.807, 2.05) is 4.90 Å². The third-order valence-corrected chi connectivity index (χ3v) is 3.44. The summed E-state index contributed by atoms with van der Waals surface area (Å²) in [5.41, 5.74) is 0. The van der Waals surface area contributed by atoms with Crippen LogP contribution in [-0.4, -0.2) is 36.0 Å². The number of hydrogen-bond acceptors (Lipinski definition) is 2. The highest BCUT2D eigenvalue weighted by atomic mass is 16.2. The Kier molecular flexibility index (Phi) is 3.27. The zero-order valence-electron chi connectivity index (χ0n) is 9.04. The number of rotatable bonds is 2. The van der Waals surface area contributed by atoms with Gasteiger partial charge in [-0.2, -0.15) is 0 Å². The number of hydrogen-bond donors (Lipinski definition) is 1. The van der Waals surface area contributed by atoms with Crippen LogP contribution in [0.15, 0.2) is 0 Å². The summed E-state index contributed by atoms with van der Waals surface area (Å²) in [7, 11) is 0. The van der Waals surface area contributed by atoms with Gasteiger partial charge in [-0.15, -0.1) is 6.42 Å². The van der Waals surface area contributed by atoms with Crippen molar-refractivity contribution in [3.63, 3.8) is 0 Å². The van der Waals surface area contributed by atoms with Gasteiger partial charge in [0.1, 0.15) is 0 Å². The molecule has 0 spiro atoms. The highest BCUT2D eigenvalue weighted by Gasteiger charge is 2.35. The SMILES string of the molecule is C#CCC(=O)N1CCCC1C1CCCN1. The van der Waals surface area contributed by atoms with Crippen LogP contribution in [0, 0.1) is 12.3 Å². The van der Waals surface area contributed by atoms with Crippen LogP contribution in [0.3, 0.4) is 0 Å². The van der Waals surface area contributed by atoms with E-state index in [9.17, 15) is 4.79 Å². The van der Waals surface area contributed by atoms with Crippen molar-refractivity contribution < 1.29 is 4.79 Å². The van der Waals surface area contributed by atoms with Gasteiger partial charge in [0.15, 0.2) is 0 Å². The summed E-state index contributed by atoms with van der Waals surface area (Å²) in [4.78, 5) is 13.8. The first-order chi connectivity index (χ1) is 7.33. The lowest BCUT2D eigenvalue weighted by Gasteiger charge is -2.29. The van der Waals surface area contributed by atoms with E-state index in [1.165, 1.54) is 12.8 Å². The standard InChI is InChI=1S/C12H18N2O/c1-2-5-12(15)14-9-4-7-11(14)10-6-3-8-13-10/h1,10-11,13H,3-9H2. The van der Waals surface area contributed by atoms with Crippen molar-refractivity contribution in [1.82, 2.24) is 10.2 Å². The summed E-state index contributed by atoms with van der Waals surface area (Å²) in [5.74, 6) is 2.58. The maximum Gasteiger partial charge on any atom is 0.234 e. The Morgan fingerprint density at radius 3 is 3.00 bits per heavy atom. The maximum absolute atomic E-state index is 11.8. The van der Waals surface area contributed by atoms with Gasteiger partial charge in [0, 0.05) is 18.6 Å². The van der Waals surface area contributed by atoms with Crippen LogP contribution in [0.25, 0.3) is 0 Å². The van der Waals surface area contributed by atoms with E-state index in [0.717, 1.165) is 25.9 Å². The fourth-order valence-corrected chi connectivity index (χ4v) is 2.75. The van der Waals surface area contributed by atoms with Crippen LogP contribution in [0.1, 0.15) is 32.1 Å². The van der Waals surface area contributed by atoms with Crippen molar-refractivity contribution in [3.05, 3.63) is 0 Å². The Bertz CT molecular complexity index is 276. The van der Waals surface area contributed by atoms with Crippen LogP contribution in [0.4, 0.5) is 0 Å². The van der Waals surface area contributed by atoms with Crippen molar-refractivity contribution in [1.29, 1.82) is 0 Å². The van der Waals surface area contributed by atoms with E-state index in [-0.39, 0.29) is 12.3 Å². The van der Waals surface area contributed by atoms with Crippen molar-refractivity contribution in [2.75, 3.05) is 13.1 Å². The zero-order valence-corrected chi connectivity index (χ0v) is 9.04. The summed E-state index contributed by atoms with van der Waals surface area (Å²) in [6.45, 7) is 1.99. The van der Waals surface area contributed by atoms with Gasteiger partial charge in [-0.1, -0.05) is 5.92 Å². The minimum atomic E-state index is 0.133. The fraction of sp³-hybridized carbons (Fsp3) is 0.750. The lowest BCUT2D eigenvalue weighted by Crippen LogP contribution is -2.46. The molecular weight excluding hydrogens is 188 g/mol. The van der Waals surface area contributed by atoms with Crippen LogP contribution in [0.2, 0.25) is 0 Å². The second-order valence-electron chi connectivity index (χ2n) is 4.38. The summed E-state index contributed by atoms with van der Waals surface area (Å²) >= 11 is 0. The van der Waals surface area contributed by atoms with Gasteiger partial charge in [-0.25, -0.2) is 0 Å². The van der Waals surface area contributed by atoms with E-state index in [0.29, 0.717) is 12.1 Å². The molecule has 1 N–H and O–H groups in total. The lowest BCUT2D eigenvalue weighted by molar-refractivity contribution is -0.131. The second kappa shape index (κ2) is 4.67. The highest BCUT2D eigenvalue weighted by molar-refractivity contribution is 5.79. The number of nitrogens with one attached hydrogen (secondary N) is 1. The van der Waals surface area contributed by atoms with Crippen LogP contribution >= 0.6 is 0 Å². The first-order valence-corrected chi connectivity index (χ1v) is 5.79. The predicted octanol–water partition coefficient (Wildman–Crippen LogP) is 0.753. The zero-order chi connectivity index (χ0) is 10.7. The smallest absolute Gasteiger partial charge is 0.234 e. The molecule has 2 rings (SSSR count). The Morgan fingerprint density at radius 1 is 1.47 bits per heavy atom. The minimum absolute atomic E-state index is 0.133. The molecule has 0 radical (unpaired) electrons. The highest BCUT2D eigenvalue weighted by Crippen LogP contribution is 2.25. The molecule has 2 aliphatic heterocycles. The fourth-order valence-electron chi connectivity index (χ4n) is 2.75. The largest absolute Gasteiger partial charge is 0.337 e. The van der Waals surface area contributed by atoms with Gasteiger partial charge in [-0.3, -0.25) is 4.79 Å². The van der Waals surface area contributed by atoms with Crippen molar-refractivity contribution in [2.24, 2.45) is 0 Å². The van der Waals surface area contributed by atoms with Crippen molar-refractivity contribution >= 4 is 5.91 Å². The topological polar surface area (TPSA) is 32.3 Å². The number of nitrogens with zero attached hydrogens (tertiary/aromatic N) is 1. The summed E-state index contributed by atoms with van der Waals surface area (Å²) in [5, 5.41) is 3.48. The molecule has 3 heteroatoms. The minimum Gasteiger partial charge on any atom is -0.337 e. The molecule has 15 heavy (non-hydrogen) atoms. The van der Waals surface area contributed by atoms with E-state index in [4.69, 9.17) is 6.42 Å². The number of amides is 1. The maximum atomic E-state index is 11.8. The summed E-state index contributed by atoms with van der Waals surface area (Å²) in [6, 6.07) is 0.905. The van der Waals surface area contributed by atoms with Crippen LogP contribution < -0.4 is 5.32 Å². The summed E-state index contributed by atoms with van der Waals surface area (Å²) < 4.78 is 0. The number of terminal acetylenes is 1. The molecule has 0 aromatic rings. The first-order valence-electron chi connectivity index (χ1n) is 5.79. The number of likely N-dealkylation sites (tertiary alicyclic amines) is 1. The second-order valence-corrected chi connectivity index (χ2v) is 4.38. The van der Waals surface area contributed by atoms with Gasteiger partial charge in [0.05, 0.1) is 6.42 Å². The monoisotopic (exact) mass is 206 g/mol. The van der Waals surface area contributed by atoms with Gasteiger partial charge in [-0.05, 0) is 32.2 Å². The molecule has 0 aliphatic carbocycles. The molecule has 82 valence electrons. The van der Waals surface area contributed by atoms with Crippen LogP contribution in [-0.2, 0) is 4.79 Å². The number of carbonyl (C=O) groups is 1. The molecular formula is C12H18N2O. The van der Waals surface area contributed by atoms with E-state index in [2.05, 4.69) is 11.2 Å². The molecule has 1 amide bonds. The lowest BCUT2D eigenvalue weighted by atomic mass is 10.0. The third-order valence-electron chi connectivity index (χ3n) is 3.44. The molecule has 2 atom stereocenters. The molecule has 3 nitrogen and oxygen atoms in total. The molecule has 2 saturated heterocycles. The Hall–Kier alpha value is -1.01. The van der Waals surface area contributed by atoms with E-state index in [1.54, 1.807) is 0 Å². The van der Waals surface area contributed by atoms with Gasteiger partial charge in [0.2, 0.25) is 5.91 Å².